The average Bonchev–Trinajstić information content (AvgIpc) is 2.25. The maximum Gasteiger partial charge on any atom is 0.0441 e. The molecule has 0 heterocycles. The second-order valence-corrected chi connectivity index (χ2v) is 5.15. The Morgan fingerprint density at radius 3 is 2.44 bits per heavy atom. The molecule has 1 N–H and O–H groups in total. The first kappa shape index (κ1) is 13.5. The van der Waals surface area contributed by atoms with Crippen molar-refractivity contribution in [3.05, 3.63) is 34.9 Å². The summed E-state index contributed by atoms with van der Waals surface area (Å²) in [6.07, 6.45) is 2.44. The number of rotatable bonds is 6. The molecule has 0 spiro atoms. The van der Waals surface area contributed by atoms with Gasteiger partial charge in [0.25, 0.3) is 0 Å². The number of nitrogens with one attached hydrogen (secondary N) is 1. The third-order valence-corrected chi connectivity index (χ3v) is 3.23. The third kappa shape index (κ3) is 4.15. The predicted molar refractivity (Wildman–Crippen MR) is 72.2 cm³/mol. The smallest absolute Gasteiger partial charge is 0.0441 e. The molecule has 1 nitrogen and oxygen atoms in total. The van der Waals surface area contributed by atoms with Crippen LogP contribution in [-0.4, -0.2) is 13.6 Å². The lowest BCUT2D eigenvalue weighted by molar-refractivity contribution is 0.487. The summed E-state index contributed by atoms with van der Waals surface area (Å²) in [5.41, 5.74) is 1.28. The predicted octanol–water partition coefficient (Wildman–Crippen LogP) is 4.08. The van der Waals surface area contributed by atoms with Gasteiger partial charge in [0.2, 0.25) is 0 Å². The molecule has 1 rings (SSSR count). The van der Waals surface area contributed by atoms with Crippen LogP contribution < -0.4 is 5.32 Å². The molecule has 0 saturated heterocycles. The summed E-state index contributed by atoms with van der Waals surface area (Å²) in [7, 11) is 2.00. The molecule has 0 aromatic heterocycles. The van der Waals surface area contributed by atoms with Gasteiger partial charge in [0.1, 0.15) is 0 Å². The monoisotopic (exact) mass is 239 g/mol. The van der Waals surface area contributed by atoms with Gasteiger partial charge in [0.05, 0.1) is 0 Å². The van der Waals surface area contributed by atoms with E-state index in [1.807, 2.05) is 19.2 Å². The zero-order chi connectivity index (χ0) is 12.0. The highest BCUT2D eigenvalue weighted by Crippen LogP contribution is 2.28. The first-order chi connectivity index (χ1) is 7.65. The molecule has 0 fully saturated rings. The maximum atomic E-state index is 6.24. The van der Waals surface area contributed by atoms with Crippen molar-refractivity contribution in [2.75, 3.05) is 13.6 Å². The molecule has 0 saturated carbocycles. The molecule has 1 aromatic rings. The van der Waals surface area contributed by atoms with Crippen molar-refractivity contribution in [1.82, 2.24) is 5.32 Å². The van der Waals surface area contributed by atoms with Crippen molar-refractivity contribution < 1.29 is 0 Å². The van der Waals surface area contributed by atoms with Crippen LogP contribution in [0, 0.1) is 5.92 Å². The third-order valence-electron chi connectivity index (χ3n) is 2.89. The molecule has 0 radical (unpaired) electrons. The SMILES string of the molecule is CNCC(CCC(C)C)c1ccccc1Cl. The fourth-order valence-electron chi connectivity index (χ4n) is 1.95. The molecule has 90 valence electrons. The van der Waals surface area contributed by atoms with E-state index in [2.05, 4.69) is 31.3 Å². The van der Waals surface area contributed by atoms with Crippen LogP contribution in [0.15, 0.2) is 24.3 Å². The molecule has 16 heavy (non-hydrogen) atoms. The van der Waals surface area contributed by atoms with Gasteiger partial charge in [0, 0.05) is 11.6 Å². The van der Waals surface area contributed by atoms with Crippen molar-refractivity contribution in [2.24, 2.45) is 5.92 Å². The van der Waals surface area contributed by atoms with Gasteiger partial charge in [0.15, 0.2) is 0 Å². The number of hydrogen-bond donors (Lipinski definition) is 1. The molecule has 0 aliphatic carbocycles. The molecule has 2 heteroatoms. The Labute approximate surface area is 104 Å². The van der Waals surface area contributed by atoms with E-state index in [0.29, 0.717) is 5.92 Å². The highest BCUT2D eigenvalue weighted by Gasteiger charge is 2.13. The van der Waals surface area contributed by atoms with E-state index >= 15 is 0 Å². The topological polar surface area (TPSA) is 12.0 Å². The van der Waals surface area contributed by atoms with Gasteiger partial charge in [-0.15, -0.1) is 0 Å². The summed E-state index contributed by atoms with van der Waals surface area (Å²) < 4.78 is 0. The van der Waals surface area contributed by atoms with E-state index in [1.165, 1.54) is 18.4 Å². The zero-order valence-electron chi connectivity index (χ0n) is 10.5. The average molecular weight is 240 g/mol. The van der Waals surface area contributed by atoms with Crippen molar-refractivity contribution >= 4 is 11.6 Å². The van der Waals surface area contributed by atoms with Gasteiger partial charge in [-0.2, -0.15) is 0 Å². The fourth-order valence-corrected chi connectivity index (χ4v) is 2.24. The highest BCUT2D eigenvalue weighted by atomic mass is 35.5. The van der Waals surface area contributed by atoms with Crippen molar-refractivity contribution in [2.45, 2.75) is 32.6 Å². The van der Waals surface area contributed by atoms with Crippen LogP contribution in [0.3, 0.4) is 0 Å². The van der Waals surface area contributed by atoms with Crippen molar-refractivity contribution in [1.29, 1.82) is 0 Å². The number of benzene rings is 1. The molecule has 1 unspecified atom stereocenters. The molecular formula is C14H22ClN. The van der Waals surface area contributed by atoms with E-state index in [0.717, 1.165) is 17.5 Å². The quantitative estimate of drug-likeness (QED) is 0.789. The maximum absolute atomic E-state index is 6.24. The fraction of sp³-hybridized carbons (Fsp3) is 0.571. The first-order valence-electron chi connectivity index (χ1n) is 6.04. The minimum Gasteiger partial charge on any atom is -0.319 e. The Morgan fingerprint density at radius 2 is 1.88 bits per heavy atom. The Kier molecular flexibility index (Phi) is 5.86. The highest BCUT2D eigenvalue weighted by molar-refractivity contribution is 6.31. The molecule has 1 aromatic carbocycles. The summed E-state index contributed by atoms with van der Waals surface area (Å²) in [4.78, 5) is 0. The van der Waals surface area contributed by atoms with E-state index < -0.39 is 0 Å². The summed E-state index contributed by atoms with van der Waals surface area (Å²) in [5, 5.41) is 4.15. The molecule has 0 bridgehead atoms. The van der Waals surface area contributed by atoms with E-state index in [1.54, 1.807) is 0 Å². The Hall–Kier alpha value is -0.530. The van der Waals surface area contributed by atoms with Crippen LogP contribution in [0.25, 0.3) is 0 Å². The Bertz CT molecular complexity index is 309. The van der Waals surface area contributed by atoms with Crippen LogP contribution in [0.5, 0.6) is 0 Å². The lowest BCUT2D eigenvalue weighted by Crippen LogP contribution is -2.18. The van der Waals surface area contributed by atoms with Crippen molar-refractivity contribution in [3.8, 4) is 0 Å². The lowest BCUT2D eigenvalue weighted by atomic mass is 9.91. The minimum absolute atomic E-state index is 0.529. The molecule has 1 atom stereocenters. The van der Waals surface area contributed by atoms with Crippen molar-refractivity contribution in [3.63, 3.8) is 0 Å². The summed E-state index contributed by atoms with van der Waals surface area (Å²) >= 11 is 6.24. The standard InChI is InChI=1S/C14H22ClN/c1-11(2)8-9-12(10-16-3)13-6-4-5-7-14(13)15/h4-7,11-12,16H,8-10H2,1-3H3. The Morgan fingerprint density at radius 1 is 1.19 bits per heavy atom. The second kappa shape index (κ2) is 6.93. The van der Waals surface area contributed by atoms with Crippen LogP contribution in [-0.2, 0) is 0 Å². The number of hydrogen-bond acceptors (Lipinski definition) is 1. The molecule has 0 amide bonds. The van der Waals surface area contributed by atoms with E-state index in [4.69, 9.17) is 11.6 Å². The molecular weight excluding hydrogens is 218 g/mol. The van der Waals surface area contributed by atoms with Crippen LogP contribution in [0.1, 0.15) is 38.2 Å². The second-order valence-electron chi connectivity index (χ2n) is 4.75. The summed E-state index contributed by atoms with van der Waals surface area (Å²) in [6, 6.07) is 8.18. The largest absolute Gasteiger partial charge is 0.319 e. The van der Waals surface area contributed by atoms with Gasteiger partial charge < -0.3 is 5.32 Å². The number of likely N-dealkylation sites (N-methyl/N-ethyl adjacent to an activating group) is 1. The first-order valence-corrected chi connectivity index (χ1v) is 6.42. The van der Waals surface area contributed by atoms with Gasteiger partial charge in [-0.1, -0.05) is 50.1 Å². The van der Waals surface area contributed by atoms with Gasteiger partial charge in [-0.25, -0.2) is 0 Å². The minimum atomic E-state index is 0.529. The van der Waals surface area contributed by atoms with E-state index in [-0.39, 0.29) is 0 Å². The van der Waals surface area contributed by atoms with Gasteiger partial charge in [-0.05, 0) is 36.9 Å². The Balaban J connectivity index is 2.73. The normalized spacial score (nSPS) is 13.1. The number of halogens is 1. The van der Waals surface area contributed by atoms with Crippen LogP contribution in [0.2, 0.25) is 5.02 Å². The van der Waals surface area contributed by atoms with Gasteiger partial charge in [-0.3, -0.25) is 0 Å². The van der Waals surface area contributed by atoms with Gasteiger partial charge >= 0.3 is 0 Å². The zero-order valence-corrected chi connectivity index (χ0v) is 11.2. The molecule has 0 aliphatic heterocycles. The van der Waals surface area contributed by atoms with Crippen LogP contribution >= 0.6 is 11.6 Å². The lowest BCUT2D eigenvalue weighted by Gasteiger charge is -2.19. The van der Waals surface area contributed by atoms with Crippen LogP contribution in [0.4, 0.5) is 0 Å². The summed E-state index contributed by atoms with van der Waals surface area (Å²) in [6.45, 7) is 5.53. The molecule has 0 aliphatic rings. The summed E-state index contributed by atoms with van der Waals surface area (Å²) in [5.74, 6) is 1.28. The van der Waals surface area contributed by atoms with E-state index in [9.17, 15) is 0 Å².